The lowest BCUT2D eigenvalue weighted by Gasteiger charge is -2.32. The maximum Gasteiger partial charge on any atom is 0.271 e. The fourth-order valence-corrected chi connectivity index (χ4v) is 5.50. The molecule has 3 rings (SSSR count). The number of halogens is 1. The molecule has 1 N–H and O–H groups in total. The monoisotopic (exact) mass is 594 g/mol. The minimum atomic E-state index is -4.00. The van der Waals surface area contributed by atoms with Gasteiger partial charge in [-0.2, -0.15) is 0 Å². The number of carbonyl (C=O) groups is 2. The van der Waals surface area contributed by atoms with E-state index in [1.165, 1.54) is 17.0 Å². The molecule has 2 amide bonds. The summed E-state index contributed by atoms with van der Waals surface area (Å²) in [4.78, 5) is 38.8. The van der Waals surface area contributed by atoms with Crippen LogP contribution in [0.3, 0.4) is 0 Å². The summed E-state index contributed by atoms with van der Waals surface area (Å²) in [5.41, 5.74) is 0.958. The molecular formula is C25H31BrN4O6S. The first-order valence-electron chi connectivity index (χ1n) is 11.9. The number of non-ortho nitro benzene ring substituents is 1. The van der Waals surface area contributed by atoms with Gasteiger partial charge in [-0.25, -0.2) is 8.42 Å². The lowest BCUT2D eigenvalue weighted by atomic mass is 10.1. The number of aryl methyl sites for hydroxylation is 1. The number of hydrogen-bond acceptors (Lipinski definition) is 6. The summed E-state index contributed by atoms with van der Waals surface area (Å²) in [6.45, 7) is 2.69. The molecule has 1 fully saturated rings. The van der Waals surface area contributed by atoms with Crippen LogP contribution in [-0.4, -0.2) is 54.9 Å². The Morgan fingerprint density at radius 1 is 1.16 bits per heavy atom. The normalized spacial score (nSPS) is 14.7. The van der Waals surface area contributed by atoms with Crippen molar-refractivity contribution >= 4 is 49.1 Å². The molecule has 1 aliphatic carbocycles. The lowest BCUT2D eigenvalue weighted by molar-refractivity contribution is -0.384. The Morgan fingerprint density at radius 2 is 1.78 bits per heavy atom. The van der Waals surface area contributed by atoms with E-state index in [0.717, 1.165) is 52.3 Å². The molecule has 1 saturated carbocycles. The number of carbonyl (C=O) groups excluding carboxylic acids is 2. The van der Waals surface area contributed by atoms with Gasteiger partial charge in [0, 0.05) is 29.2 Å². The van der Waals surface area contributed by atoms with Crippen molar-refractivity contribution in [1.29, 1.82) is 0 Å². The third-order valence-electron chi connectivity index (χ3n) is 6.49. The molecular weight excluding hydrogens is 564 g/mol. The molecule has 0 aliphatic heterocycles. The molecule has 0 radical (unpaired) electrons. The zero-order chi connectivity index (χ0) is 27.3. The molecule has 2 aromatic rings. The molecule has 1 aliphatic rings. The zero-order valence-corrected chi connectivity index (χ0v) is 23.4. The van der Waals surface area contributed by atoms with E-state index in [4.69, 9.17) is 0 Å². The Bertz CT molecular complexity index is 1260. The average molecular weight is 596 g/mol. The van der Waals surface area contributed by atoms with Gasteiger partial charge >= 0.3 is 0 Å². The van der Waals surface area contributed by atoms with Crippen molar-refractivity contribution in [3.63, 3.8) is 0 Å². The van der Waals surface area contributed by atoms with Crippen LogP contribution in [0.5, 0.6) is 0 Å². The number of amides is 2. The Labute approximate surface area is 225 Å². The van der Waals surface area contributed by atoms with Crippen molar-refractivity contribution in [2.75, 3.05) is 17.1 Å². The predicted molar refractivity (Wildman–Crippen MR) is 145 cm³/mol. The summed E-state index contributed by atoms with van der Waals surface area (Å²) in [6.07, 6.45) is 4.77. The van der Waals surface area contributed by atoms with E-state index in [9.17, 15) is 28.1 Å². The summed E-state index contributed by atoms with van der Waals surface area (Å²) >= 11 is 3.38. The minimum Gasteiger partial charge on any atom is -0.352 e. The van der Waals surface area contributed by atoms with Gasteiger partial charge < -0.3 is 10.2 Å². The molecule has 10 nitrogen and oxygen atoms in total. The van der Waals surface area contributed by atoms with Crippen LogP contribution in [-0.2, 0) is 26.2 Å². The Hall–Kier alpha value is -2.99. The van der Waals surface area contributed by atoms with Crippen LogP contribution in [0.2, 0.25) is 0 Å². The Kier molecular flexibility index (Phi) is 9.30. The number of nitro benzene ring substituents is 1. The minimum absolute atomic E-state index is 0.0386. The number of hydrogen-bond donors (Lipinski definition) is 1. The van der Waals surface area contributed by atoms with Crippen LogP contribution in [0.1, 0.15) is 43.7 Å². The van der Waals surface area contributed by atoms with Gasteiger partial charge in [0.25, 0.3) is 5.69 Å². The molecule has 12 heteroatoms. The molecule has 0 aromatic heterocycles. The lowest BCUT2D eigenvalue weighted by Crippen LogP contribution is -2.52. The molecule has 0 spiro atoms. The van der Waals surface area contributed by atoms with Gasteiger partial charge in [-0.1, -0.05) is 47.0 Å². The summed E-state index contributed by atoms with van der Waals surface area (Å²) in [6, 6.07) is 10.3. The van der Waals surface area contributed by atoms with E-state index in [0.29, 0.717) is 5.56 Å². The fraction of sp³-hybridized carbons (Fsp3) is 0.440. The van der Waals surface area contributed by atoms with Gasteiger partial charge in [-0.3, -0.25) is 24.0 Å². The summed E-state index contributed by atoms with van der Waals surface area (Å²) in [5.74, 6) is -0.914. The third kappa shape index (κ3) is 7.51. The molecule has 1 atom stereocenters. The van der Waals surface area contributed by atoms with Crippen LogP contribution in [0.15, 0.2) is 46.9 Å². The van der Waals surface area contributed by atoms with Crippen LogP contribution in [0, 0.1) is 17.0 Å². The molecule has 0 heterocycles. The van der Waals surface area contributed by atoms with Gasteiger partial charge in [0.05, 0.1) is 16.9 Å². The number of sulfonamides is 1. The fourth-order valence-electron chi connectivity index (χ4n) is 4.34. The zero-order valence-electron chi connectivity index (χ0n) is 21.0. The number of nitrogens with zero attached hydrogens (tertiary/aromatic N) is 3. The number of nitrogens with one attached hydrogen (secondary N) is 1. The van der Waals surface area contributed by atoms with Gasteiger partial charge in [0.15, 0.2) is 0 Å². The van der Waals surface area contributed by atoms with Gasteiger partial charge in [0.2, 0.25) is 21.8 Å². The largest absolute Gasteiger partial charge is 0.352 e. The van der Waals surface area contributed by atoms with Crippen molar-refractivity contribution in [2.45, 2.75) is 58.2 Å². The van der Waals surface area contributed by atoms with E-state index in [2.05, 4.69) is 21.2 Å². The number of anilines is 1. The summed E-state index contributed by atoms with van der Waals surface area (Å²) in [7, 11) is -4.00. The Balaban J connectivity index is 1.93. The van der Waals surface area contributed by atoms with Gasteiger partial charge in [-0.15, -0.1) is 0 Å². The average Bonchev–Trinajstić information content (AvgIpc) is 3.34. The molecule has 37 heavy (non-hydrogen) atoms. The second kappa shape index (κ2) is 12.0. The number of benzene rings is 2. The van der Waals surface area contributed by atoms with Crippen LogP contribution >= 0.6 is 15.9 Å². The van der Waals surface area contributed by atoms with Crippen molar-refractivity contribution < 1.29 is 22.9 Å². The molecule has 1 unspecified atom stereocenters. The highest BCUT2D eigenvalue weighted by Gasteiger charge is 2.32. The van der Waals surface area contributed by atoms with Crippen molar-refractivity contribution in [3.8, 4) is 0 Å². The molecule has 0 saturated heterocycles. The maximum atomic E-state index is 13.7. The molecule has 2 aromatic carbocycles. The first-order valence-corrected chi connectivity index (χ1v) is 14.6. The predicted octanol–water partition coefficient (Wildman–Crippen LogP) is 3.91. The van der Waals surface area contributed by atoms with Crippen molar-refractivity contribution in [2.24, 2.45) is 0 Å². The van der Waals surface area contributed by atoms with Crippen LogP contribution in [0.4, 0.5) is 11.4 Å². The standard InChI is InChI=1S/C25H31BrN4O6S/c1-17-8-13-22(30(33)34)14-23(17)29(37(3,35)36)16-24(31)28(15-19-9-11-20(26)12-10-19)18(2)25(32)27-21-6-4-5-7-21/h8-14,18,21H,4-7,15-16H2,1-3H3,(H,27,32). The highest BCUT2D eigenvalue weighted by molar-refractivity contribution is 9.10. The smallest absolute Gasteiger partial charge is 0.271 e. The first-order chi connectivity index (χ1) is 17.4. The summed E-state index contributed by atoms with van der Waals surface area (Å²) in [5, 5.41) is 14.3. The van der Waals surface area contributed by atoms with Crippen LogP contribution in [0.25, 0.3) is 0 Å². The van der Waals surface area contributed by atoms with Gasteiger partial charge in [-0.05, 0) is 49.9 Å². The number of rotatable bonds is 10. The Morgan fingerprint density at radius 3 is 2.35 bits per heavy atom. The maximum absolute atomic E-state index is 13.7. The molecule has 200 valence electrons. The second-order valence-corrected chi connectivity index (χ2v) is 12.1. The van der Waals surface area contributed by atoms with Gasteiger partial charge in [0.1, 0.15) is 12.6 Å². The number of nitro groups is 1. The van der Waals surface area contributed by atoms with Crippen molar-refractivity contribution in [1.82, 2.24) is 10.2 Å². The second-order valence-electron chi connectivity index (χ2n) is 9.31. The van der Waals surface area contributed by atoms with E-state index in [-0.39, 0.29) is 29.9 Å². The third-order valence-corrected chi connectivity index (χ3v) is 8.14. The summed E-state index contributed by atoms with van der Waals surface area (Å²) < 4.78 is 27.2. The highest BCUT2D eigenvalue weighted by Crippen LogP contribution is 2.28. The van der Waals surface area contributed by atoms with E-state index in [1.54, 1.807) is 13.8 Å². The first kappa shape index (κ1) is 28.6. The van der Waals surface area contributed by atoms with E-state index < -0.39 is 33.4 Å². The quantitative estimate of drug-likeness (QED) is 0.328. The SMILES string of the molecule is Cc1ccc([N+](=O)[O-])cc1N(CC(=O)N(Cc1ccc(Br)cc1)C(C)C(=O)NC1CCCC1)S(C)(=O)=O. The molecule has 0 bridgehead atoms. The topological polar surface area (TPSA) is 130 Å². The highest BCUT2D eigenvalue weighted by atomic mass is 79.9. The van der Waals surface area contributed by atoms with E-state index in [1.807, 2.05) is 24.3 Å². The van der Waals surface area contributed by atoms with Crippen LogP contribution < -0.4 is 9.62 Å². The van der Waals surface area contributed by atoms with E-state index >= 15 is 0 Å². The van der Waals surface area contributed by atoms with Crippen molar-refractivity contribution in [3.05, 3.63) is 68.2 Å².